The first-order chi connectivity index (χ1) is 66.0. The Bertz CT molecular complexity index is 4990. The largest absolute Gasteiger partial charge is 0.497 e. The van der Waals surface area contributed by atoms with E-state index in [1.165, 1.54) is 41.3 Å². The number of nitrogens with zero attached hydrogens (tertiary/aromatic N) is 3. The summed E-state index contributed by atoms with van der Waals surface area (Å²) in [5.41, 5.74) is 13.2. The third kappa shape index (κ3) is 30.5. The standard InChI is InChI=1S/C36H47F2N3O5.C34H43F2N3O5.C23H28F2N2O3.C13H21NO3/c1-5-8-10-24-13-14-41(36(24)44)32(9-6-2)35(43)40-31(18-23-16-25(37)19-26(38)17-23)33(42)22-39-30-21-34(46-15-7-3)28-12-11-27(45-4)20-29(28)30;1-3-4-7-22-11-12-39(34(22)42)30-8-5-6-13-44-32-19-28(27-18-25(43-2)9-10-26(27)32)37-20-31(40)29(38-33(30)41)16-21-14-23(35)17-24(36)15-21;1-3-6-30-23-12-21(19-11-17(29-2)4-5-18(19)23)27-13-22(28)20(26)9-14-7-15(24)10-16(25)8-14;1-3-5-7-10-8-9-14(12(10)15)11(6-4-2)13(16)17/h6-7,11-12,16-17,19-20,24,30-34,39,42H,2-3,5,8-10,13-15,18,21-22H2,1,4H3,(H,40,43);5-6,9-10,14-15,17-18,22,28-32,37,40H,3-4,7-8,11-13,16,19-20H2,1-2H3,(H,38,41);3-5,7-8,10-11,20-23,27-28H,1,6,9,12-13,26H2,2H3;4,10-11H,2-3,5-9H2,1H3,(H,16,17)/t24-,30-,31-,32-,33+,34+;22-,28-,29-,30-,31+,32+;20-,21-,22+,23+;10-,11-/m0000/s1. The molecule has 11 N–H and O–H groups in total. The number of hydrogen-bond donors (Lipinski definition) is 10. The van der Waals surface area contributed by atoms with Crippen LogP contribution in [0.1, 0.15) is 223 Å². The second-order valence-corrected chi connectivity index (χ2v) is 36.3. The fourth-order valence-electron chi connectivity index (χ4n) is 19.4. The number of aliphatic hydroxyl groups excluding tert-OH is 3. The van der Waals surface area contributed by atoms with Crippen molar-refractivity contribution in [3.8, 4) is 17.2 Å². The second kappa shape index (κ2) is 54.1. The third-order valence-electron chi connectivity index (χ3n) is 26.7. The average molecular weight is 1910 g/mol. The molecule has 18 atom stereocenters. The minimum Gasteiger partial charge on any atom is -0.497 e. The molecule has 137 heavy (non-hydrogen) atoms. The average Bonchev–Trinajstić information content (AvgIpc) is 1.65. The van der Waals surface area contributed by atoms with Crippen molar-refractivity contribution in [1.82, 2.24) is 41.3 Å². The zero-order valence-electron chi connectivity index (χ0n) is 79.7. The number of hydrogen-bond acceptors (Lipinski definition) is 19. The number of carboxylic acid groups (broad SMARTS) is 1. The molecule has 6 aromatic carbocycles. The number of likely N-dealkylation sites (tertiary alicyclic amines) is 3. The normalized spacial score (nSPS) is 23.1. The first-order valence-electron chi connectivity index (χ1n) is 48.0. The van der Waals surface area contributed by atoms with Crippen LogP contribution in [0.5, 0.6) is 17.2 Å². The molecule has 746 valence electrons. The molecule has 7 aliphatic rings. The molecule has 0 saturated carbocycles. The second-order valence-electron chi connectivity index (χ2n) is 36.3. The van der Waals surface area contributed by atoms with Crippen LogP contribution < -0.4 is 46.5 Å². The Morgan fingerprint density at radius 1 is 0.555 bits per heavy atom. The maximum atomic E-state index is 14.1. The maximum absolute atomic E-state index is 14.1. The number of nitrogens with one attached hydrogen (secondary N) is 5. The molecule has 0 aromatic heterocycles. The lowest BCUT2D eigenvalue weighted by Crippen LogP contribution is -2.55. The number of carbonyl (C=O) groups is 6. The van der Waals surface area contributed by atoms with Gasteiger partial charge in [-0.25, -0.2) is 31.1 Å². The Morgan fingerprint density at radius 3 is 1.49 bits per heavy atom. The number of methoxy groups -OCH3 is 3. The molecule has 13 rings (SSSR count). The molecule has 3 saturated heterocycles. The van der Waals surface area contributed by atoms with Gasteiger partial charge in [0.1, 0.15) is 70.3 Å². The van der Waals surface area contributed by atoms with E-state index in [0.29, 0.717) is 101 Å². The van der Waals surface area contributed by atoms with Crippen molar-refractivity contribution in [3.05, 3.63) is 257 Å². The van der Waals surface area contributed by atoms with Gasteiger partial charge in [-0.15, -0.1) is 26.3 Å². The van der Waals surface area contributed by atoms with Crippen molar-refractivity contribution in [2.75, 3.05) is 80.4 Å². The molecule has 5 amide bonds. The predicted octanol–water partition coefficient (Wildman–Crippen LogP) is 15.1. The number of halogens is 6. The van der Waals surface area contributed by atoms with E-state index in [1.54, 1.807) is 55.4 Å². The van der Waals surface area contributed by atoms with Crippen LogP contribution in [0.2, 0.25) is 0 Å². The Hall–Kier alpha value is -10.6. The quantitative estimate of drug-likeness (QED) is 0.0126. The summed E-state index contributed by atoms with van der Waals surface area (Å²) in [6, 6.07) is 21.9. The van der Waals surface area contributed by atoms with Crippen molar-refractivity contribution >= 4 is 35.5 Å². The number of aliphatic carboxylic acids is 1. The molecule has 3 fully saturated rings. The van der Waals surface area contributed by atoms with Crippen LogP contribution in [0.15, 0.2) is 172 Å². The zero-order valence-corrected chi connectivity index (χ0v) is 79.7. The zero-order chi connectivity index (χ0) is 98.9. The Morgan fingerprint density at radius 2 is 1.01 bits per heavy atom. The van der Waals surface area contributed by atoms with Crippen LogP contribution in [0.25, 0.3) is 0 Å². The van der Waals surface area contributed by atoms with Gasteiger partial charge in [0, 0.05) is 99.4 Å². The summed E-state index contributed by atoms with van der Waals surface area (Å²) < 4.78 is 118. The van der Waals surface area contributed by atoms with Gasteiger partial charge in [0.25, 0.3) is 0 Å². The molecule has 2 bridgehead atoms. The van der Waals surface area contributed by atoms with Crippen LogP contribution in [0, 0.1) is 52.7 Å². The van der Waals surface area contributed by atoms with Crippen LogP contribution in [0.3, 0.4) is 0 Å². The summed E-state index contributed by atoms with van der Waals surface area (Å²) in [5, 5.41) is 58.6. The van der Waals surface area contributed by atoms with Gasteiger partial charge in [-0.1, -0.05) is 114 Å². The third-order valence-corrected chi connectivity index (χ3v) is 26.7. The highest BCUT2D eigenvalue weighted by atomic mass is 19.2. The van der Waals surface area contributed by atoms with Gasteiger partial charge in [-0.05, 0) is 219 Å². The number of aliphatic hydroxyl groups is 3. The molecular weight excluding hydrogens is 1770 g/mol. The summed E-state index contributed by atoms with van der Waals surface area (Å²) in [4.78, 5) is 82.2. The van der Waals surface area contributed by atoms with E-state index in [-0.39, 0.29) is 129 Å². The van der Waals surface area contributed by atoms with Crippen LogP contribution in [-0.2, 0) is 62.2 Å². The van der Waals surface area contributed by atoms with E-state index in [1.807, 2.05) is 66.7 Å². The lowest BCUT2D eigenvalue weighted by molar-refractivity contribution is -0.149. The summed E-state index contributed by atoms with van der Waals surface area (Å²) >= 11 is 0. The van der Waals surface area contributed by atoms with Gasteiger partial charge < -0.3 is 95.9 Å². The SMILES string of the molecule is C=CCO[C@@H]1C[C@H](NC[C@@H](O)[C@@H](N)Cc2cc(F)cc(F)c2)c2cc(OC)ccc21.C=CCO[C@@H]1C[C@H](NC[C@@H](O)[C@H](Cc2cc(F)cc(F)c2)NC(=O)[C@H](CC=C)N2CC[C@H](CCCC)C2=O)c2cc(OC)ccc21.C=CC[C@@H](C(=O)O)N1CC[C@H](CCCC)C1=O.CCCC[C@H]1CCN([C@H]2CC=CCO[C@@H]3C[C@H](NC[C@@H](O)[C@H](Cc4cc(F)cc(F)c4)NC2=O)c2cc(OC)ccc23)C1=O. The number of unbranched alkanes of at least 4 members (excludes halogenated alkanes) is 3. The number of carbonyl (C=O) groups excluding carboxylic acids is 5. The summed E-state index contributed by atoms with van der Waals surface area (Å²) in [5.74, 6) is -4.20. The molecular formula is C106H139F6N9O16. The molecule has 4 heterocycles. The van der Waals surface area contributed by atoms with Crippen molar-refractivity contribution < 1.29 is 104 Å². The number of β-amino-alcohol motifs (C(OH)–C–C–N with tert-alkyl or cyclic N) is 1. The predicted molar refractivity (Wildman–Crippen MR) is 512 cm³/mol. The highest BCUT2D eigenvalue weighted by molar-refractivity contribution is 5.91. The van der Waals surface area contributed by atoms with Gasteiger partial charge in [-0.2, -0.15) is 0 Å². The lowest BCUT2D eigenvalue weighted by Gasteiger charge is -2.31. The summed E-state index contributed by atoms with van der Waals surface area (Å²) in [6.45, 7) is 24.1. The van der Waals surface area contributed by atoms with E-state index in [2.05, 4.69) is 73.7 Å². The Kier molecular flexibility index (Phi) is 42.8. The minimum absolute atomic E-state index is 0.000288. The van der Waals surface area contributed by atoms with E-state index in [9.17, 15) is 70.4 Å². The highest BCUT2D eigenvalue weighted by Gasteiger charge is 2.44. The van der Waals surface area contributed by atoms with Gasteiger partial charge >= 0.3 is 5.97 Å². The number of amides is 5. The fraction of sp³-hybridized carbons (Fsp3) is 0.509. The molecule has 0 spiro atoms. The van der Waals surface area contributed by atoms with Gasteiger partial charge in [-0.3, -0.25) is 24.0 Å². The fourth-order valence-corrected chi connectivity index (χ4v) is 19.4. The van der Waals surface area contributed by atoms with Gasteiger partial charge in [0.15, 0.2) is 0 Å². The monoisotopic (exact) mass is 1910 g/mol. The van der Waals surface area contributed by atoms with Gasteiger partial charge in [0.2, 0.25) is 29.5 Å². The summed E-state index contributed by atoms with van der Waals surface area (Å²) in [7, 11) is 4.82. The van der Waals surface area contributed by atoms with Crippen molar-refractivity contribution in [1.29, 1.82) is 0 Å². The molecule has 25 nitrogen and oxygen atoms in total. The van der Waals surface area contributed by atoms with E-state index < -0.39 is 107 Å². The van der Waals surface area contributed by atoms with Gasteiger partial charge in [0.05, 0.1) is 89.9 Å². The molecule has 3 aliphatic carbocycles. The molecule has 4 aliphatic heterocycles. The van der Waals surface area contributed by atoms with E-state index in [0.717, 1.165) is 122 Å². The molecule has 0 radical (unpaired) electrons. The smallest absolute Gasteiger partial charge is 0.326 e. The van der Waals surface area contributed by atoms with Crippen molar-refractivity contribution in [2.45, 2.75) is 247 Å². The highest BCUT2D eigenvalue weighted by Crippen LogP contribution is 2.46. The Labute approximate surface area is 801 Å². The number of fused-ring (bicyclic) bond motifs is 7. The van der Waals surface area contributed by atoms with Crippen LogP contribution in [0.4, 0.5) is 26.3 Å². The number of nitrogens with two attached hydrogens (primary N) is 1. The summed E-state index contributed by atoms with van der Waals surface area (Å²) in [6.07, 6.45) is 20.2. The molecule has 0 unspecified atom stereocenters. The number of benzene rings is 6. The van der Waals surface area contributed by atoms with Crippen molar-refractivity contribution in [3.63, 3.8) is 0 Å². The van der Waals surface area contributed by atoms with Crippen LogP contribution in [-0.4, -0.2) is 206 Å². The molecule has 6 aromatic rings. The number of ether oxygens (including phenoxy) is 6. The lowest BCUT2D eigenvalue weighted by atomic mass is 9.99. The first kappa shape index (κ1) is 108. The topological polar surface area (TPSA) is 335 Å². The number of carboxylic acids is 1. The number of rotatable bonds is 42. The van der Waals surface area contributed by atoms with Crippen LogP contribution >= 0.6 is 0 Å². The Balaban J connectivity index is 0.000000198. The van der Waals surface area contributed by atoms with Crippen molar-refractivity contribution in [2.24, 2.45) is 23.5 Å². The minimum atomic E-state index is -1.14. The van der Waals surface area contributed by atoms with E-state index >= 15 is 0 Å². The first-order valence-corrected chi connectivity index (χ1v) is 48.0. The van der Waals surface area contributed by atoms with E-state index in [4.69, 9.17) is 39.3 Å². The molecule has 31 heteroatoms. The maximum Gasteiger partial charge on any atom is 0.326 e.